The summed E-state index contributed by atoms with van der Waals surface area (Å²) in [5.41, 5.74) is 0.0983. The molecule has 2 heteroatoms. The van der Waals surface area contributed by atoms with Crippen LogP contribution in [-0.4, -0.2) is 23.8 Å². The topological polar surface area (TPSA) is 32.3 Å². The number of rotatable bonds is 5. The molecule has 0 saturated heterocycles. The molecule has 0 radical (unpaired) electrons. The van der Waals surface area contributed by atoms with E-state index >= 15 is 0 Å². The van der Waals surface area contributed by atoms with Crippen molar-refractivity contribution < 1.29 is 5.11 Å². The first-order valence-electron chi connectivity index (χ1n) is 6.50. The first kappa shape index (κ1) is 13.0. The third-order valence-electron chi connectivity index (χ3n) is 3.58. The summed E-state index contributed by atoms with van der Waals surface area (Å²) >= 11 is 0. The molecule has 1 fully saturated rings. The van der Waals surface area contributed by atoms with Crippen LogP contribution in [0.15, 0.2) is 0 Å². The van der Waals surface area contributed by atoms with Crippen molar-refractivity contribution in [2.24, 2.45) is 5.92 Å². The Balaban J connectivity index is 2.22. The van der Waals surface area contributed by atoms with Gasteiger partial charge in [-0.05, 0) is 45.6 Å². The summed E-state index contributed by atoms with van der Waals surface area (Å²) in [6, 6.07) is 0. The van der Waals surface area contributed by atoms with Crippen molar-refractivity contribution in [2.75, 3.05) is 13.2 Å². The molecule has 0 aromatic carbocycles. The summed E-state index contributed by atoms with van der Waals surface area (Å²) in [4.78, 5) is 0. The molecule has 1 saturated carbocycles. The summed E-state index contributed by atoms with van der Waals surface area (Å²) in [6.45, 7) is 5.78. The predicted octanol–water partition coefficient (Wildman–Crippen LogP) is 2.71. The molecule has 0 spiro atoms. The van der Waals surface area contributed by atoms with Crippen molar-refractivity contribution in [3.63, 3.8) is 0 Å². The van der Waals surface area contributed by atoms with Gasteiger partial charge in [-0.2, -0.15) is 0 Å². The number of aliphatic hydroxyl groups is 1. The Morgan fingerprint density at radius 3 is 2.27 bits per heavy atom. The second-order valence-electron chi connectivity index (χ2n) is 5.60. The van der Waals surface area contributed by atoms with Crippen molar-refractivity contribution >= 4 is 0 Å². The molecule has 1 aliphatic rings. The van der Waals surface area contributed by atoms with E-state index in [-0.39, 0.29) is 12.1 Å². The zero-order valence-corrected chi connectivity index (χ0v) is 10.4. The number of hydrogen-bond donors (Lipinski definition) is 2. The van der Waals surface area contributed by atoms with Crippen LogP contribution in [0, 0.1) is 5.92 Å². The van der Waals surface area contributed by atoms with Crippen molar-refractivity contribution in [3.05, 3.63) is 0 Å². The van der Waals surface area contributed by atoms with Crippen LogP contribution < -0.4 is 5.32 Å². The lowest BCUT2D eigenvalue weighted by atomic mass is 9.96. The molecule has 15 heavy (non-hydrogen) atoms. The summed E-state index contributed by atoms with van der Waals surface area (Å²) in [5.74, 6) is 0.866. The largest absolute Gasteiger partial charge is 0.396 e. The summed E-state index contributed by atoms with van der Waals surface area (Å²) in [5, 5.41) is 12.5. The summed E-state index contributed by atoms with van der Waals surface area (Å²) < 4.78 is 0. The van der Waals surface area contributed by atoms with Gasteiger partial charge in [0.15, 0.2) is 0 Å². The predicted molar refractivity (Wildman–Crippen MR) is 65.0 cm³/mol. The fourth-order valence-corrected chi connectivity index (χ4v) is 2.36. The standard InChI is InChI=1S/C13H27NO/c1-13(2,9-10-15)14-11-12-7-5-3-4-6-8-12/h12,14-15H,3-11H2,1-2H3. The van der Waals surface area contributed by atoms with Gasteiger partial charge in [0.25, 0.3) is 0 Å². The summed E-state index contributed by atoms with van der Waals surface area (Å²) in [6.07, 6.45) is 9.30. The molecule has 0 aromatic rings. The Hall–Kier alpha value is -0.0800. The molecular formula is C13H27NO. The normalized spacial score (nSPS) is 20.2. The minimum atomic E-state index is 0.0983. The van der Waals surface area contributed by atoms with E-state index in [1.807, 2.05) is 0 Å². The molecule has 1 rings (SSSR count). The fraction of sp³-hybridized carbons (Fsp3) is 1.00. The molecule has 0 amide bonds. The number of hydrogen-bond acceptors (Lipinski definition) is 2. The summed E-state index contributed by atoms with van der Waals surface area (Å²) in [7, 11) is 0. The molecule has 1 aliphatic carbocycles. The van der Waals surface area contributed by atoms with E-state index in [0.717, 1.165) is 18.9 Å². The van der Waals surface area contributed by atoms with Gasteiger partial charge in [0.05, 0.1) is 0 Å². The first-order chi connectivity index (χ1) is 7.14. The Labute approximate surface area is 94.5 Å². The van der Waals surface area contributed by atoms with E-state index in [2.05, 4.69) is 19.2 Å². The van der Waals surface area contributed by atoms with E-state index in [9.17, 15) is 0 Å². The SMILES string of the molecule is CC(C)(CCO)NCC1CCCCCC1. The highest BCUT2D eigenvalue weighted by Crippen LogP contribution is 2.22. The number of nitrogens with one attached hydrogen (secondary N) is 1. The van der Waals surface area contributed by atoms with Crippen LogP contribution in [0.25, 0.3) is 0 Å². The van der Waals surface area contributed by atoms with Gasteiger partial charge in [-0.1, -0.05) is 25.7 Å². The van der Waals surface area contributed by atoms with Crippen LogP contribution >= 0.6 is 0 Å². The van der Waals surface area contributed by atoms with Crippen LogP contribution in [0.4, 0.5) is 0 Å². The zero-order chi connectivity index (χ0) is 11.1. The molecule has 0 atom stereocenters. The fourth-order valence-electron chi connectivity index (χ4n) is 2.36. The molecular weight excluding hydrogens is 186 g/mol. The Morgan fingerprint density at radius 1 is 1.13 bits per heavy atom. The highest BCUT2D eigenvalue weighted by atomic mass is 16.3. The van der Waals surface area contributed by atoms with Gasteiger partial charge in [0.2, 0.25) is 0 Å². The van der Waals surface area contributed by atoms with Crippen molar-refractivity contribution in [3.8, 4) is 0 Å². The molecule has 0 unspecified atom stereocenters. The van der Waals surface area contributed by atoms with Crippen LogP contribution in [0.5, 0.6) is 0 Å². The molecule has 2 N–H and O–H groups in total. The van der Waals surface area contributed by atoms with Gasteiger partial charge in [-0.3, -0.25) is 0 Å². The van der Waals surface area contributed by atoms with Gasteiger partial charge in [0, 0.05) is 12.1 Å². The Kier molecular flexibility index (Phi) is 5.62. The minimum Gasteiger partial charge on any atom is -0.396 e. The van der Waals surface area contributed by atoms with E-state index in [0.29, 0.717) is 0 Å². The molecule has 0 bridgehead atoms. The van der Waals surface area contributed by atoms with E-state index in [1.165, 1.54) is 38.5 Å². The molecule has 2 nitrogen and oxygen atoms in total. The third kappa shape index (κ3) is 5.53. The van der Waals surface area contributed by atoms with Crippen LogP contribution in [-0.2, 0) is 0 Å². The first-order valence-corrected chi connectivity index (χ1v) is 6.50. The van der Waals surface area contributed by atoms with Gasteiger partial charge in [-0.25, -0.2) is 0 Å². The van der Waals surface area contributed by atoms with E-state index in [4.69, 9.17) is 5.11 Å². The average Bonchev–Trinajstić information content (AvgIpc) is 2.43. The van der Waals surface area contributed by atoms with Crippen LogP contribution in [0.1, 0.15) is 58.8 Å². The minimum absolute atomic E-state index is 0.0983. The van der Waals surface area contributed by atoms with Gasteiger partial charge in [-0.15, -0.1) is 0 Å². The Morgan fingerprint density at radius 2 is 1.73 bits per heavy atom. The number of aliphatic hydroxyl groups excluding tert-OH is 1. The van der Waals surface area contributed by atoms with Crippen LogP contribution in [0.2, 0.25) is 0 Å². The molecule has 0 heterocycles. The van der Waals surface area contributed by atoms with Crippen LogP contribution in [0.3, 0.4) is 0 Å². The quantitative estimate of drug-likeness (QED) is 0.688. The maximum absolute atomic E-state index is 8.94. The second kappa shape index (κ2) is 6.49. The second-order valence-corrected chi connectivity index (χ2v) is 5.60. The Bertz CT molecular complexity index is 160. The smallest absolute Gasteiger partial charge is 0.0448 e. The third-order valence-corrected chi connectivity index (χ3v) is 3.58. The van der Waals surface area contributed by atoms with Crippen molar-refractivity contribution in [1.82, 2.24) is 5.32 Å². The van der Waals surface area contributed by atoms with Crippen molar-refractivity contribution in [2.45, 2.75) is 64.3 Å². The molecule has 0 aromatic heterocycles. The molecule has 0 aliphatic heterocycles. The van der Waals surface area contributed by atoms with Gasteiger partial charge < -0.3 is 10.4 Å². The zero-order valence-electron chi connectivity index (χ0n) is 10.4. The maximum atomic E-state index is 8.94. The van der Waals surface area contributed by atoms with Gasteiger partial charge in [0.1, 0.15) is 0 Å². The van der Waals surface area contributed by atoms with E-state index < -0.39 is 0 Å². The highest BCUT2D eigenvalue weighted by Gasteiger charge is 2.19. The lowest BCUT2D eigenvalue weighted by molar-refractivity contribution is 0.223. The lowest BCUT2D eigenvalue weighted by Crippen LogP contribution is -2.42. The van der Waals surface area contributed by atoms with Crippen molar-refractivity contribution in [1.29, 1.82) is 0 Å². The van der Waals surface area contributed by atoms with Gasteiger partial charge >= 0.3 is 0 Å². The molecule has 90 valence electrons. The lowest BCUT2D eigenvalue weighted by Gasteiger charge is -2.28. The maximum Gasteiger partial charge on any atom is 0.0448 e. The average molecular weight is 213 g/mol. The van der Waals surface area contributed by atoms with E-state index in [1.54, 1.807) is 0 Å². The highest BCUT2D eigenvalue weighted by molar-refractivity contribution is 4.79. The monoisotopic (exact) mass is 213 g/mol.